The summed E-state index contributed by atoms with van der Waals surface area (Å²) in [7, 11) is 3.25. The number of hydrogen-bond acceptors (Lipinski definition) is 4. The van der Waals surface area contributed by atoms with Crippen molar-refractivity contribution in [2.45, 2.75) is 71.6 Å². The number of rotatable bonds is 7. The minimum atomic E-state index is -0.0773. The summed E-state index contributed by atoms with van der Waals surface area (Å²) in [5.41, 5.74) is 17.1. The number of fused-ring (bicyclic) bond motifs is 2. The van der Waals surface area contributed by atoms with Crippen molar-refractivity contribution in [1.82, 2.24) is 0 Å². The van der Waals surface area contributed by atoms with Gasteiger partial charge in [0.1, 0.15) is 18.1 Å². The van der Waals surface area contributed by atoms with Gasteiger partial charge in [0.05, 0.1) is 5.41 Å². The lowest BCUT2D eigenvalue weighted by Crippen LogP contribution is -2.27. The summed E-state index contributed by atoms with van der Waals surface area (Å²) in [5.74, 6) is 1.77. The lowest BCUT2D eigenvalue weighted by molar-refractivity contribution is -0.433. The maximum Gasteiger partial charge on any atom is 0.209 e. The van der Waals surface area contributed by atoms with Crippen LogP contribution in [0, 0.1) is 0 Å². The first-order chi connectivity index (χ1) is 22.6. The van der Waals surface area contributed by atoms with Crippen LogP contribution in [0.2, 0.25) is 0 Å². The number of methoxy groups -OCH3 is 1. The summed E-state index contributed by atoms with van der Waals surface area (Å²) in [5, 5.41) is 0. The Labute approximate surface area is 282 Å². The maximum absolute atomic E-state index is 6.74. The van der Waals surface area contributed by atoms with Crippen molar-refractivity contribution >= 4 is 22.8 Å². The summed E-state index contributed by atoms with van der Waals surface area (Å²) in [6, 6.07) is 25.4. The minimum absolute atomic E-state index is 0.0773. The van der Waals surface area contributed by atoms with E-state index in [0.717, 1.165) is 49.5 Å². The van der Waals surface area contributed by atoms with Crippen LogP contribution < -0.4 is 15.4 Å². The second kappa shape index (κ2) is 14.2. The van der Waals surface area contributed by atoms with Gasteiger partial charge in [-0.15, -0.1) is 0 Å². The number of ether oxygens (including phenoxy) is 2. The quantitative estimate of drug-likeness (QED) is 0.209. The number of anilines is 2. The lowest BCUT2D eigenvalue weighted by Gasteiger charge is -2.26. The van der Waals surface area contributed by atoms with Gasteiger partial charge in [0.2, 0.25) is 5.69 Å². The normalized spacial score (nSPS) is 19.7. The second-order valence-corrected chi connectivity index (χ2v) is 13.5. The number of nitrogens with zero attached hydrogens (tertiary/aromatic N) is 2. The summed E-state index contributed by atoms with van der Waals surface area (Å²) in [4.78, 5) is 2.45. The topological polar surface area (TPSA) is 50.7 Å². The summed E-state index contributed by atoms with van der Waals surface area (Å²) in [6.45, 7) is 15.7. The number of nitrogen functional groups attached to an aromatic ring is 1. The van der Waals surface area contributed by atoms with E-state index in [1.165, 1.54) is 45.1 Å². The smallest absolute Gasteiger partial charge is 0.209 e. The molecule has 2 aliphatic heterocycles. The molecule has 0 aromatic heterocycles. The third kappa shape index (κ3) is 6.59. The highest BCUT2D eigenvalue weighted by Gasteiger charge is 2.43. The largest absolute Gasteiger partial charge is 0.457 e. The molecule has 5 heteroatoms. The molecule has 2 N–H and O–H groups in total. The molecule has 6 rings (SSSR count). The van der Waals surface area contributed by atoms with Crippen molar-refractivity contribution < 1.29 is 14.0 Å². The Hall–Kier alpha value is -4.35. The first-order valence-electron chi connectivity index (χ1n) is 17.0. The number of benzene rings is 3. The van der Waals surface area contributed by atoms with Crippen LogP contribution in [0.4, 0.5) is 17.1 Å². The highest BCUT2D eigenvalue weighted by atomic mass is 16.5. The molecule has 3 aromatic rings. The van der Waals surface area contributed by atoms with E-state index in [1.807, 2.05) is 24.3 Å². The first-order valence-corrected chi connectivity index (χ1v) is 17.0. The van der Waals surface area contributed by atoms with Crippen molar-refractivity contribution in [2.24, 2.45) is 0 Å². The van der Waals surface area contributed by atoms with Crippen LogP contribution in [-0.2, 0) is 15.6 Å². The van der Waals surface area contributed by atoms with Gasteiger partial charge in [0, 0.05) is 61.0 Å². The molecule has 1 aliphatic carbocycles. The number of likely N-dealkylation sites (N-methyl/N-ethyl adjacent to an activating group) is 1. The van der Waals surface area contributed by atoms with Gasteiger partial charge < -0.3 is 20.1 Å². The van der Waals surface area contributed by atoms with E-state index in [1.54, 1.807) is 14.2 Å². The van der Waals surface area contributed by atoms with Crippen LogP contribution in [0.5, 0.6) is 5.75 Å². The van der Waals surface area contributed by atoms with Gasteiger partial charge in [-0.2, -0.15) is 4.58 Å². The molecule has 0 amide bonds. The van der Waals surface area contributed by atoms with Crippen molar-refractivity contribution in [3.8, 4) is 5.75 Å². The molecule has 0 atom stereocenters. The van der Waals surface area contributed by atoms with Crippen LogP contribution in [0.25, 0.3) is 0 Å². The highest BCUT2D eigenvalue weighted by Crippen LogP contribution is 2.47. The Balaban J connectivity index is 0.00000139. The SMILES string of the molecule is CCN1/C(=C/C=C2\CCCC(/C=C/C3=[N+](CC)c4ccccc4C3(C)C)=C2Oc2ccc(N)cc2)C(C)(C)c2ccccc21.COC. The molecule has 47 heavy (non-hydrogen) atoms. The van der Waals surface area contributed by atoms with Gasteiger partial charge in [0.25, 0.3) is 0 Å². The summed E-state index contributed by atoms with van der Waals surface area (Å²) < 4.78 is 13.4. The lowest BCUT2D eigenvalue weighted by atomic mass is 9.81. The number of nitrogens with two attached hydrogens (primary N) is 1. The van der Waals surface area contributed by atoms with E-state index in [-0.39, 0.29) is 10.8 Å². The molecular weight excluding hydrogens is 578 g/mol. The Morgan fingerprint density at radius 2 is 1.47 bits per heavy atom. The monoisotopic (exact) mass is 630 g/mol. The Morgan fingerprint density at radius 3 is 2.15 bits per heavy atom. The van der Waals surface area contributed by atoms with Gasteiger partial charge in [-0.1, -0.05) is 56.3 Å². The van der Waals surface area contributed by atoms with Crippen LogP contribution >= 0.6 is 0 Å². The zero-order chi connectivity index (χ0) is 33.8. The average Bonchev–Trinajstić information content (AvgIpc) is 3.42. The van der Waals surface area contributed by atoms with Crippen LogP contribution in [-0.4, -0.2) is 37.6 Å². The molecule has 0 fully saturated rings. The van der Waals surface area contributed by atoms with E-state index in [2.05, 4.69) is 129 Å². The van der Waals surface area contributed by atoms with Crippen LogP contribution in [0.3, 0.4) is 0 Å². The number of hydrogen-bond donors (Lipinski definition) is 1. The Morgan fingerprint density at radius 1 is 0.809 bits per heavy atom. The van der Waals surface area contributed by atoms with Gasteiger partial charge in [-0.3, -0.25) is 0 Å². The van der Waals surface area contributed by atoms with Crippen LogP contribution in [0.15, 0.2) is 120 Å². The molecule has 0 bridgehead atoms. The van der Waals surface area contributed by atoms with Crippen molar-refractivity contribution in [2.75, 3.05) is 37.9 Å². The molecule has 5 nitrogen and oxygen atoms in total. The van der Waals surface area contributed by atoms with E-state index >= 15 is 0 Å². The molecule has 0 spiro atoms. The second-order valence-electron chi connectivity index (χ2n) is 13.5. The molecule has 0 radical (unpaired) electrons. The zero-order valence-electron chi connectivity index (χ0n) is 29.6. The minimum Gasteiger partial charge on any atom is -0.457 e. The fourth-order valence-corrected chi connectivity index (χ4v) is 7.33. The molecule has 0 unspecified atom stereocenters. The van der Waals surface area contributed by atoms with Gasteiger partial charge >= 0.3 is 0 Å². The summed E-state index contributed by atoms with van der Waals surface area (Å²) in [6.07, 6.45) is 12.3. The van der Waals surface area contributed by atoms with Crippen LogP contribution in [0.1, 0.15) is 71.9 Å². The fourth-order valence-electron chi connectivity index (χ4n) is 7.33. The standard InChI is InChI=1S/C40H46N3O.C2H6O/c1-7-42-34-18-11-9-16-32(34)39(3,4)36(42)26-20-28-14-13-15-29(38(28)44-31-24-22-30(41)23-25-31)21-27-37-40(5,6)33-17-10-12-19-35(33)43(37)8-2;1-3-2/h9-12,16-27H,7-8,13-15,41H2,1-6H3;1-2H3/q+1;. The third-order valence-corrected chi connectivity index (χ3v) is 9.69. The molecule has 3 aromatic carbocycles. The average molecular weight is 631 g/mol. The third-order valence-electron chi connectivity index (χ3n) is 9.69. The van der Waals surface area contributed by atoms with Gasteiger partial charge in [0.15, 0.2) is 5.71 Å². The van der Waals surface area contributed by atoms with E-state index in [4.69, 9.17) is 10.5 Å². The molecule has 246 valence electrons. The summed E-state index contributed by atoms with van der Waals surface area (Å²) >= 11 is 0. The van der Waals surface area contributed by atoms with Gasteiger partial charge in [-0.05, 0) is 106 Å². The maximum atomic E-state index is 6.74. The number of allylic oxidation sites excluding steroid dienone is 7. The molecule has 3 aliphatic rings. The van der Waals surface area contributed by atoms with E-state index in [9.17, 15) is 0 Å². The first kappa shape index (κ1) is 34.0. The highest BCUT2D eigenvalue weighted by molar-refractivity contribution is 6.03. The number of para-hydroxylation sites is 2. The molecule has 2 heterocycles. The Kier molecular flexibility index (Phi) is 10.3. The molecular formula is C42H52N3O2+. The van der Waals surface area contributed by atoms with E-state index in [0.29, 0.717) is 0 Å². The molecule has 0 saturated carbocycles. The van der Waals surface area contributed by atoms with E-state index < -0.39 is 0 Å². The molecule has 0 saturated heterocycles. The fraction of sp³-hybridized carbons (Fsp3) is 0.357. The Bertz CT molecular complexity index is 1750. The van der Waals surface area contributed by atoms with Crippen molar-refractivity contribution in [1.29, 1.82) is 0 Å². The van der Waals surface area contributed by atoms with Crippen molar-refractivity contribution in [3.05, 3.63) is 131 Å². The van der Waals surface area contributed by atoms with Gasteiger partial charge in [-0.25, -0.2) is 0 Å². The predicted octanol–water partition coefficient (Wildman–Crippen LogP) is 9.63. The van der Waals surface area contributed by atoms with Crippen molar-refractivity contribution in [3.63, 3.8) is 0 Å². The zero-order valence-corrected chi connectivity index (χ0v) is 29.6. The predicted molar refractivity (Wildman–Crippen MR) is 198 cm³/mol.